The first kappa shape index (κ1) is 16.0. The van der Waals surface area contributed by atoms with Crippen LogP contribution < -0.4 is 5.43 Å². The zero-order chi connectivity index (χ0) is 16.9. The van der Waals surface area contributed by atoms with Crippen molar-refractivity contribution in [1.82, 2.24) is 5.43 Å². The first-order chi connectivity index (χ1) is 11.6. The second kappa shape index (κ2) is 7.10. The van der Waals surface area contributed by atoms with Crippen LogP contribution in [0, 0.1) is 5.82 Å². The molecule has 4 nitrogen and oxygen atoms in total. The Morgan fingerprint density at radius 2 is 1.92 bits per heavy atom. The first-order valence-electron chi connectivity index (χ1n) is 7.06. The average molecular weight is 343 g/mol. The second-order valence-electron chi connectivity index (χ2n) is 4.92. The summed E-state index contributed by atoms with van der Waals surface area (Å²) in [7, 11) is 0. The van der Waals surface area contributed by atoms with Gasteiger partial charge in [-0.3, -0.25) is 4.79 Å². The highest BCUT2D eigenvalue weighted by atomic mass is 35.5. The number of rotatable bonds is 4. The highest BCUT2D eigenvalue weighted by Crippen LogP contribution is 2.22. The van der Waals surface area contributed by atoms with E-state index in [1.165, 1.54) is 18.3 Å². The Bertz CT molecular complexity index is 888. The van der Waals surface area contributed by atoms with Crippen molar-refractivity contribution in [3.05, 3.63) is 82.8 Å². The lowest BCUT2D eigenvalue weighted by atomic mass is 10.2. The van der Waals surface area contributed by atoms with E-state index in [9.17, 15) is 9.18 Å². The van der Waals surface area contributed by atoms with Gasteiger partial charge in [0.1, 0.15) is 17.3 Å². The van der Waals surface area contributed by atoms with Gasteiger partial charge in [-0.25, -0.2) is 9.82 Å². The van der Waals surface area contributed by atoms with E-state index in [1.54, 1.807) is 48.5 Å². The molecule has 0 aliphatic heterocycles. The predicted molar refractivity (Wildman–Crippen MR) is 90.6 cm³/mol. The minimum Gasteiger partial charge on any atom is -0.455 e. The van der Waals surface area contributed by atoms with E-state index in [2.05, 4.69) is 10.5 Å². The molecule has 120 valence electrons. The molecule has 1 aromatic heterocycles. The summed E-state index contributed by atoms with van der Waals surface area (Å²) in [6.45, 7) is 0. The molecule has 1 heterocycles. The third-order valence-corrected chi connectivity index (χ3v) is 3.45. The van der Waals surface area contributed by atoms with Crippen LogP contribution in [0.1, 0.15) is 16.1 Å². The zero-order valence-corrected chi connectivity index (χ0v) is 13.1. The number of hydrogen-bond acceptors (Lipinski definition) is 3. The number of hydrazone groups is 1. The van der Waals surface area contributed by atoms with Gasteiger partial charge in [0.2, 0.25) is 0 Å². The first-order valence-corrected chi connectivity index (χ1v) is 7.44. The second-order valence-corrected chi connectivity index (χ2v) is 5.35. The fourth-order valence-electron chi connectivity index (χ4n) is 2.04. The van der Waals surface area contributed by atoms with Crippen LogP contribution in [0.3, 0.4) is 0 Å². The third kappa shape index (κ3) is 3.88. The molecule has 0 bridgehead atoms. The number of amides is 1. The number of carbonyl (C=O) groups is 1. The van der Waals surface area contributed by atoms with Crippen molar-refractivity contribution in [2.24, 2.45) is 5.10 Å². The summed E-state index contributed by atoms with van der Waals surface area (Å²) in [5.74, 6) is 0.250. The molecule has 0 aliphatic rings. The Balaban J connectivity index is 1.65. The minimum absolute atomic E-state index is 0.339. The summed E-state index contributed by atoms with van der Waals surface area (Å²) < 4.78 is 18.8. The van der Waals surface area contributed by atoms with Crippen molar-refractivity contribution in [1.29, 1.82) is 0 Å². The largest absolute Gasteiger partial charge is 0.455 e. The lowest BCUT2D eigenvalue weighted by molar-refractivity contribution is 0.0955. The van der Waals surface area contributed by atoms with Gasteiger partial charge < -0.3 is 4.42 Å². The van der Waals surface area contributed by atoms with Crippen LogP contribution in [0.4, 0.5) is 4.39 Å². The summed E-state index contributed by atoms with van der Waals surface area (Å²) in [5.41, 5.74) is 3.46. The van der Waals surface area contributed by atoms with Gasteiger partial charge in [0.15, 0.2) is 0 Å². The van der Waals surface area contributed by atoms with Gasteiger partial charge in [-0.05, 0) is 48.5 Å². The molecule has 0 atom stereocenters. The molecule has 0 saturated heterocycles. The highest BCUT2D eigenvalue weighted by molar-refractivity contribution is 6.30. The number of halogens is 2. The Morgan fingerprint density at radius 1 is 1.12 bits per heavy atom. The lowest BCUT2D eigenvalue weighted by Crippen LogP contribution is -2.17. The molecule has 3 aromatic rings. The summed E-state index contributed by atoms with van der Waals surface area (Å²) in [4.78, 5) is 11.9. The molecule has 0 fully saturated rings. The summed E-state index contributed by atoms with van der Waals surface area (Å²) in [6, 6.07) is 15.9. The number of carbonyl (C=O) groups excluding carboxylic acids is 1. The fourth-order valence-corrected chi connectivity index (χ4v) is 2.17. The van der Waals surface area contributed by atoms with Crippen molar-refractivity contribution in [2.75, 3.05) is 0 Å². The number of furan rings is 1. The van der Waals surface area contributed by atoms with Crippen molar-refractivity contribution < 1.29 is 13.6 Å². The Hall–Kier alpha value is -2.92. The van der Waals surface area contributed by atoms with Gasteiger partial charge in [0, 0.05) is 16.1 Å². The maximum atomic E-state index is 13.2. The Labute approximate surface area is 142 Å². The SMILES string of the molecule is O=C(N/N=C\c1ccc(-c2cccc(F)c2)o1)c1ccc(Cl)cc1. The molecule has 1 N–H and O–H groups in total. The van der Waals surface area contributed by atoms with Crippen LogP contribution in [0.5, 0.6) is 0 Å². The van der Waals surface area contributed by atoms with Crippen LogP contribution >= 0.6 is 11.6 Å². The Morgan fingerprint density at radius 3 is 2.67 bits per heavy atom. The van der Waals surface area contributed by atoms with Crippen molar-refractivity contribution >= 4 is 23.7 Å². The van der Waals surface area contributed by atoms with Gasteiger partial charge in [-0.1, -0.05) is 23.7 Å². The normalized spacial score (nSPS) is 10.9. The molecular weight excluding hydrogens is 331 g/mol. The average Bonchev–Trinajstić information content (AvgIpc) is 3.04. The summed E-state index contributed by atoms with van der Waals surface area (Å²) >= 11 is 5.77. The molecule has 6 heteroatoms. The van der Waals surface area contributed by atoms with Crippen molar-refractivity contribution in [3.8, 4) is 11.3 Å². The number of nitrogens with one attached hydrogen (secondary N) is 1. The number of hydrogen-bond donors (Lipinski definition) is 1. The van der Waals surface area contributed by atoms with Gasteiger partial charge in [0.25, 0.3) is 5.91 Å². The topological polar surface area (TPSA) is 54.6 Å². The molecule has 0 aliphatic carbocycles. The van der Waals surface area contributed by atoms with E-state index in [4.69, 9.17) is 16.0 Å². The van der Waals surface area contributed by atoms with Crippen LogP contribution in [-0.4, -0.2) is 12.1 Å². The van der Waals surface area contributed by atoms with E-state index in [0.717, 1.165) is 0 Å². The van der Waals surface area contributed by atoms with Crippen LogP contribution in [0.25, 0.3) is 11.3 Å². The van der Waals surface area contributed by atoms with E-state index in [-0.39, 0.29) is 11.7 Å². The molecule has 2 aromatic carbocycles. The van der Waals surface area contributed by atoms with Gasteiger partial charge in [0.05, 0.1) is 6.21 Å². The van der Waals surface area contributed by atoms with E-state index in [1.807, 2.05) is 0 Å². The number of benzene rings is 2. The van der Waals surface area contributed by atoms with Gasteiger partial charge in [-0.2, -0.15) is 5.10 Å². The maximum absolute atomic E-state index is 13.2. The van der Waals surface area contributed by atoms with E-state index in [0.29, 0.717) is 27.7 Å². The molecule has 0 unspecified atom stereocenters. The zero-order valence-electron chi connectivity index (χ0n) is 12.4. The molecule has 1 amide bonds. The highest BCUT2D eigenvalue weighted by Gasteiger charge is 2.05. The molecule has 24 heavy (non-hydrogen) atoms. The standard InChI is InChI=1S/C18H12ClFN2O2/c19-14-6-4-12(5-7-14)18(23)22-21-11-16-8-9-17(24-16)13-2-1-3-15(20)10-13/h1-11H,(H,22,23)/b21-11-. The molecule has 0 radical (unpaired) electrons. The van der Waals surface area contributed by atoms with Gasteiger partial charge in [-0.15, -0.1) is 0 Å². The Kier molecular flexibility index (Phi) is 4.72. The predicted octanol–water partition coefficient (Wildman–Crippen LogP) is 4.50. The molecule has 3 rings (SSSR count). The molecule has 0 saturated carbocycles. The third-order valence-electron chi connectivity index (χ3n) is 3.20. The van der Waals surface area contributed by atoms with Crippen molar-refractivity contribution in [2.45, 2.75) is 0 Å². The monoisotopic (exact) mass is 342 g/mol. The van der Waals surface area contributed by atoms with Crippen LogP contribution in [0.2, 0.25) is 5.02 Å². The van der Waals surface area contributed by atoms with Crippen molar-refractivity contribution in [3.63, 3.8) is 0 Å². The number of nitrogens with zero attached hydrogens (tertiary/aromatic N) is 1. The van der Waals surface area contributed by atoms with E-state index < -0.39 is 0 Å². The quantitative estimate of drug-likeness (QED) is 0.560. The molecular formula is C18H12ClFN2O2. The van der Waals surface area contributed by atoms with Gasteiger partial charge >= 0.3 is 0 Å². The summed E-state index contributed by atoms with van der Waals surface area (Å²) in [6.07, 6.45) is 1.37. The van der Waals surface area contributed by atoms with Crippen LogP contribution in [-0.2, 0) is 0 Å². The fraction of sp³-hybridized carbons (Fsp3) is 0. The summed E-state index contributed by atoms with van der Waals surface area (Å²) in [5, 5.41) is 4.39. The molecule has 0 spiro atoms. The maximum Gasteiger partial charge on any atom is 0.271 e. The lowest BCUT2D eigenvalue weighted by Gasteiger charge is -1.99. The minimum atomic E-state index is -0.361. The smallest absolute Gasteiger partial charge is 0.271 e. The van der Waals surface area contributed by atoms with E-state index >= 15 is 0 Å². The van der Waals surface area contributed by atoms with Crippen LogP contribution in [0.15, 0.2) is 70.2 Å².